The number of halogens is 3. The van der Waals surface area contributed by atoms with Crippen LogP contribution in [0.2, 0.25) is 0 Å². The summed E-state index contributed by atoms with van der Waals surface area (Å²) in [5.74, 6) is -2.97. The van der Waals surface area contributed by atoms with Crippen molar-refractivity contribution >= 4 is 5.57 Å². The van der Waals surface area contributed by atoms with Gasteiger partial charge in [0.05, 0.1) is 0 Å². The highest BCUT2D eigenvalue weighted by atomic mass is 19.3. The molecule has 3 heteroatoms. The van der Waals surface area contributed by atoms with E-state index in [1.807, 2.05) is 6.92 Å². The average Bonchev–Trinajstić information content (AvgIpc) is 2.55. The van der Waals surface area contributed by atoms with Gasteiger partial charge in [-0.15, -0.1) is 0 Å². The largest absolute Gasteiger partial charge is 0.255 e. The van der Waals surface area contributed by atoms with Crippen LogP contribution in [0.5, 0.6) is 0 Å². The Kier molecular flexibility index (Phi) is 2.78. The normalized spacial score (nSPS) is 19.2. The molecule has 0 atom stereocenters. The fraction of sp³-hybridized carbons (Fsp3) is 0.385. The molecule has 0 radical (unpaired) electrons. The van der Waals surface area contributed by atoms with Crippen molar-refractivity contribution in [1.82, 2.24) is 0 Å². The second-order valence-electron chi connectivity index (χ2n) is 4.15. The number of hydrogen-bond acceptors (Lipinski definition) is 0. The van der Waals surface area contributed by atoms with Gasteiger partial charge in [-0.1, -0.05) is 24.6 Å². The van der Waals surface area contributed by atoms with Gasteiger partial charge in [0.2, 0.25) is 0 Å². The maximum Gasteiger partial charge on any atom is 0.255 e. The molecule has 0 fully saturated rings. The Morgan fingerprint density at radius 3 is 2.31 bits per heavy atom. The van der Waals surface area contributed by atoms with E-state index < -0.39 is 5.92 Å². The molecule has 0 heterocycles. The van der Waals surface area contributed by atoms with Gasteiger partial charge >= 0.3 is 0 Å². The van der Waals surface area contributed by atoms with Crippen LogP contribution in [0.1, 0.15) is 31.7 Å². The molecule has 1 aliphatic carbocycles. The monoisotopic (exact) mass is 226 g/mol. The molecule has 2 rings (SSSR count). The van der Waals surface area contributed by atoms with Crippen molar-refractivity contribution in [2.45, 2.75) is 32.1 Å². The van der Waals surface area contributed by atoms with E-state index >= 15 is 0 Å². The van der Waals surface area contributed by atoms with Crippen LogP contribution >= 0.6 is 0 Å². The summed E-state index contributed by atoms with van der Waals surface area (Å²) in [6, 6.07) is 5.77. The van der Waals surface area contributed by atoms with Crippen molar-refractivity contribution in [3.8, 4) is 0 Å². The van der Waals surface area contributed by atoms with Crippen LogP contribution in [0.25, 0.3) is 5.57 Å². The van der Waals surface area contributed by atoms with Crippen LogP contribution in [-0.2, 0) is 0 Å². The topological polar surface area (TPSA) is 0 Å². The SMILES string of the molecule is CCC1=C(c2ccc(F)cc2)CC(F)(F)C1. The van der Waals surface area contributed by atoms with E-state index in [9.17, 15) is 13.2 Å². The molecule has 1 aliphatic rings. The number of hydrogen-bond donors (Lipinski definition) is 0. The molecule has 86 valence electrons. The Hall–Kier alpha value is -1.25. The third-order valence-electron chi connectivity index (χ3n) is 2.95. The van der Waals surface area contributed by atoms with E-state index in [4.69, 9.17) is 0 Å². The molecule has 0 bridgehead atoms. The van der Waals surface area contributed by atoms with Crippen molar-refractivity contribution in [2.24, 2.45) is 0 Å². The van der Waals surface area contributed by atoms with Crippen LogP contribution in [0.15, 0.2) is 29.8 Å². The summed E-state index contributed by atoms with van der Waals surface area (Å²) < 4.78 is 39.3. The first-order valence-corrected chi connectivity index (χ1v) is 5.36. The second kappa shape index (κ2) is 3.96. The van der Waals surface area contributed by atoms with Gasteiger partial charge in [-0.25, -0.2) is 13.2 Å². The Balaban J connectivity index is 2.35. The number of alkyl halides is 2. The van der Waals surface area contributed by atoms with Gasteiger partial charge in [0, 0.05) is 12.8 Å². The first-order valence-electron chi connectivity index (χ1n) is 5.36. The summed E-state index contributed by atoms with van der Waals surface area (Å²) in [5, 5.41) is 0. The molecular weight excluding hydrogens is 213 g/mol. The van der Waals surface area contributed by atoms with Crippen LogP contribution in [-0.4, -0.2) is 5.92 Å². The molecule has 0 amide bonds. The molecule has 0 unspecified atom stereocenters. The molecule has 0 nitrogen and oxygen atoms in total. The van der Waals surface area contributed by atoms with Gasteiger partial charge in [-0.3, -0.25) is 0 Å². The first-order chi connectivity index (χ1) is 7.52. The highest BCUT2D eigenvalue weighted by Crippen LogP contribution is 2.44. The zero-order chi connectivity index (χ0) is 11.8. The summed E-state index contributed by atoms with van der Waals surface area (Å²) in [6.45, 7) is 1.88. The zero-order valence-electron chi connectivity index (χ0n) is 9.06. The fourth-order valence-corrected chi connectivity index (χ4v) is 2.16. The van der Waals surface area contributed by atoms with Gasteiger partial charge in [-0.2, -0.15) is 0 Å². The van der Waals surface area contributed by atoms with Crippen LogP contribution in [0.4, 0.5) is 13.2 Å². The number of rotatable bonds is 2. The van der Waals surface area contributed by atoms with Gasteiger partial charge in [-0.05, 0) is 29.7 Å². The summed E-state index contributed by atoms with van der Waals surface area (Å²) in [5.41, 5.74) is 2.19. The highest BCUT2D eigenvalue weighted by Gasteiger charge is 2.38. The first kappa shape index (κ1) is 11.2. The van der Waals surface area contributed by atoms with Crippen LogP contribution < -0.4 is 0 Å². The molecular formula is C13H13F3. The molecule has 16 heavy (non-hydrogen) atoms. The van der Waals surface area contributed by atoms with Gasteiger partial charge < -0.3 is 0 Å². The number of benzene rings is 1. The van der Waals surface area contributed by atoms with Crippen LogP contribution in [0.3, 0.4) is 0 Å². The second-order valence-corrected chi connectivity index (χ2v) is 4.15. The zero-order valence-corrected chi connectivity index (χ0v) is 9.06. The van der Waals surface area contributed by atoms with Crippen LogP contribution in [0, 0.1) is 5.82 Å². The van der Waals surface area contributed by atoms with Gasteiger partial charge in [0.1, 0.15) is 5.82 Å². The predicted molar refractivity (Wildman–Crippen MR) is 57.8 cm³/mol. The minimum atomic E-state index is -2.63. The molecule has 0 N–H and O–H groups in total. The van der Waals surface area contributed by atoms with E-state index in [0.29, 0.717) is 12.0 Å². The maximum absolute atomic E-state index is 13.3. The maximum atomic E-state index is 13.3. The van der Waals surface area contributed by atoms with E-state index in [1.54, 1.807) is 12.1 Å². The quantitative estimate of drug-likeness (QED) is 0.700. The highest BCUT2D eigenvalue weighted by molar-refractivity contribution is 5.71. The standard InChI is InChI=1S/C13H13F3/c1-2-9-7-13(15,16)8-12(9)10-3-5-11(14)6-4-10/h3-6H,2,7-8H2,1H3. The summed E-state index contributed by atoms with van der Waals surface area (Å²) in [6.07, 6.45) is 0.250. The Bertz CT molecular complexity index is 415. The summed E-state index contributed by atoms with van der Waals surface area (Å²) >= 11 is 0. The average molecular weight is 226 g/mol. The molecule has 0 aliphatic heterocycles. The van der Waals surface area contributed by atoms with E-state index in [-0.39, 0.29) is 18.7 Å². The minimum Gasteiger partial charge on any atom is -0.207 e. The molecule has 0 spiro atoms. The van der Waals surface area contributed by atoms with Crippen molar-refractivity contribution in [1.29, 1.82) is 0 Å². The van der Waals surface area contributed by atoms with Crippen molar-refractivity contribution in [2.75, 3.05) is 0 Å². The fourth-order valence-electron chi connectivity index (χ4n) is 2.16. The summed E-state index contributed by atoms with van der Waals surface area (Å²) in [7, 11) is 0. The third-order valence-corrected chi connectivity index (χ3v) is 2.95. The lowest BCUT2D eigenvalue weighted by Gasteiger charge is -2.08. The Morgan fingerprint density at radius 1 is 1.12 bits per heavy atom. The lowest BCUT2D eigenvalue weighted by molar-refractivity contribution is 0.0150. The lowest BCUT2D eigenvalue weighted by Crippen LogP contribution is -2.10. The molecule has 0 saturated heterocycles. The Labute approximate surface area is 92.8 Å². The number of allylic oxidation sites excluding steroid dienone is 2. The minimum absolute atomic E-state index is 0.157. The predicted octanol–water partition coefficient (Wildman–Crippen LogP) is 4.42. The van der Waals surface area contributed by atoms with Crippen molar-refractivity contribution in [3.63, 3.8) is 0 Å². The molecule has 1 aromatic rings. The Morgan fingerprint density at radius 2 is 1.75 bits per heavy atom. The van der Waals surface area contributed by atoms with E-state index in [2.05, 4.69) is 0 Å². The lowest BCUT2D eigenvalue weighted by atomic mass is 10.0. The summed E-state index contributed by atoms with van der Waals surface area (Å²) in [4.78, 5) is 0. The van der Waals surface area contributed by atoms with Gasteiger partial charge in [0.25, 0.3) is 5.92 Å². The van der Waals surface area contributed by atoms with Crippen molar-refractivity contribution < 1.29 is 13.2 Å². The smallest absolute Gasteiger partial charge is 0.207 e. The molecule has 0 saturated carbocycles. The molecule has 0 aromatic heterocycles. The molecule has 1 aromatic carbocycles. The van der Waals surface area contributed by atoms with E-state index in [1.165, 1.54) is 12.1 Å². The van der Waals surface area contributed by atoms with Gasteiger partial charge in [0.15, 0.2) is 0 Å². The third kappa shape index (κ3) is 2.13. The van der Waals surface area contributed by atoms with E-state index in [0.717, 1.165) is 11.1 Å². The van der Waals surface area contributed by atoms with Crippen molar-refractivity contribution in [3.05, 3.63) is 41.2 Å².